The topological polar surface area (TPSA) is 52.6 Å². The molecule has 0 aliphatic heterocycles. The summed E-state index contributed by atoms with van der Waals surface area (Å²) in [6.45, 7) is 3.08. The molecule has 0 radical (unpaired) electrons. The molecule has 106 valence electrons. The van der Waals surface area contributed by atoms with Crippen LogP contribution in [-0.4, -0.2) is 18.5 Å². The molecule has 0 bridgehead atoms. The Bertz CT molecular complexity index is 574. The van der Waals surface area contributed by atoms with Gasteiger partial charge in [0.1, 0.15) is 5.82 Å². The van der Waals surface area contributed by atoms with Gasteiger partial charge in [0.05, 0.1) is 11.1 Å². The molecule has 0 spiro atoms. The van der Waals surface area contributed by atoms with E-state index >= 15 is 0 Å². The van der Waals surface area contributed by atoms with Crippen molar-refractivity contribution in [3.8, 4) is 11.8 Å². The van der Waals surface area contributed by atoms with Crippen LogP contribution in [0.5, 0.6) is 0 Å². The standard InChI is InChI=1S/C14H12BrFO4/c1-3-19-14(18)7-6-13(20-9(2)17)10-4-5-12(16)11(15)8-10/h4-5,8,13H,3H2,1-2H3. The van der Waals surface area contributed by atoms with E-state index in [0.29, 0.717) is 5.56 Å². The Morgan fingerprint density at radius 3 is 2.70 bits per heavy atom. The van der Waals surface area contributed by atoms with Gasteiger partial charge in [-0.25, -0.2) is 9.18 Å². The van der Waals surface area contributed by atoms with Crippen molar-refractivity contribution in [2.45, 2.75) is 20.0 Å². The lowest BCUT2D eigenvalue weighted by Crippen LogP contribution is -2.08. The van der Waals surface area contributed by atoms with Crippen molar-refractivity contribution >= 4 is 27.9 Å². The first-order chi connectivity index (χ1) is 9.43. The summed E-state index contributed by atoms with van der Waals surface area (Å²) in [7, 11) is 0. The predicted octanol–water partition coefficient (Wildman–Crippen LogP) is 2.76. The lowest BCUT2D eigenvalue weighted by Gasteiger charge is -2.11. The first-order valence-corrected chi connectivity index (χ1v) is 6.53. The molecule has 1 rings (SSSR count). The minimum absolute atomic E-state index is 0.202. The molecule has 0 aliphatic carbocycles. The van der Waals surface area contributed by atoms with E-state index in [2.05, 4.69) is 32.5 Å². The number of esters is 2. The van der Waals surface area contributed by atoms with Crippen molar-refractivity contribution in [2.24, 2.45) is 0 Å². The van der Waals surface area contributed by atoms with Crippen molar-refractivity contribution in [3.63, 3.8) is 0 Å². The van der Waals surface area contributed by atoms with E-state index in [9.17, 15) is 14.0 Å². The quantitative estimate of drug-likeness (QED) is 0.481. The molecule has 4 nitrogen and oxygen atoms in total. The lowest BCUT2D eigenvalue weighted by atomic mass is 10.1. The van der Waals surface area contributed by atoms with Crippen LogP contribution in [0.3, 0.4) is 0 Å². The highest BCUT2D eigenvalue weighted by Crippen LogP contribution is 2.23. The Balaban J connectivity index is 3.02. The van der Waals surface area contributed by atoms with Crippen LogP contribution in [0.15, 0.2) is 22.7 Å². The molecule has 20 heavy (non-hydrogen) atoms. The molecule has 1 unspecified atom stereocenters. The molecule has 1 atom stereocenters. The SMILES string of the molecule is CCOC(=O)C#CC(OC(C)=O)c1ccc(F)c(Br)c1. The van der Waals surface area contributed by atoms with Gasteiger partial charge in [-0.05, 0) is 40.9 Å². The molecule has 0 aliphatic rings. The highest BCUT2D eigenvalue weighted by molar-refractivity contribution is 9.10. The highest BCUT2D eigenvalue weighted by atomic mass is 79.9. The van der Waals surface area contributed by atoms with Gasteiger partial charge in [-0.2, -0.15) is 0 Å². The van der Waals surface area contributed by atoms with Crippen LogP contribution in [0.25, 0.3) is 0 Å². The van der Waals surface area contributed by atoms with E-state index in [4.69, 9.17) is 4.74 Å². The third kappa shape index (κ3) is 5.02. The van der Waals surface area contributed by atoms with E-state index in [1.54, 1.807) is 6.92 Å². The first-order valence-electron chi connectivity index (χ1n) is 5.74. The summed E-state index contributed by atoms with van der Waals surface area (Å²) < 4.78 is 23.0. The number of hydrogen-bond acceptors (Lipinski definition) is 4. The monoisotopic (exact) mass is 342 g/mol. The highest BCUT2D eigenvalue weighted by Gasteiger charge is 2.14. The molecule has 0 N–H and O–H groups in total. The van der Waals surface area contributed by atoms with Gasteiger partial charge in [0.15, 0.2) is 6.10 Å². The lowest BCUT2D eigenvalue weighted by molar-refractivity contribution is -0.144. The predicted molar refractivity (Wildman–Crippen MR) is 73.0 cm³/mol. The van der Waals surface area contributed by atoms with E-state index in [1.165, 1.54) is 25.1 Å². The summed E-state index contributed by atoms with van der Waals surface area (Å²) in [6.07, 6.45) is -0.964. The summed E-state index contributed by atoms with van der Waals surface area (Å²) >= 11 is 3.03. The maximum absolute atomic E-state index is 13.2. The minimum atomic E-state index is -0.964. The zero-order valence-electron chi connectivity index (χ0n) is 10.9. The fraction of sp³-hybridized carbons (Fsp3) is 0.286. The van der Waals surface area contributed by atoms with Crippen LogP contribution in [0.2, 0.25) is 0 Å². The van der Waals surface area contributed by atoms with Gasteiger partial charge >= 0.3 is 11.9 Å². The van der Waals surface area contributed by atoms with Crippen LogP contribution in [-0.2, 0) is 19.1 Å². The summed E-state index contributed by atoms with van der Waals surface area (Å²) in [5.41, 5.74) is 0.449. The third-order valence-corrected chi connectivity index (χ3v) is 2.72. The first kappa shape index (κ1) is 16.2. The average Bonchev–Trinajstić information content (AvgIpc) is 2.38. The number of hydrogen-bond donors (Lipinski definition) is 0. The normalized spacial score (nSPS) is 11.0. The molecule has 0 saturated carbocycles. The summed E-state index contributed by atoms with van der Waals surface area (Å²) in [5.74, 6) is 2.98. The van der Waals surface area contributed by atoms with Crippen molar-refractivity contribution in [1.82, 2.24) is 0 Å². The minimum Gasteiger partial charge on any atom is -0.456 e. The number of carbonyl (C=O) groups is 2. The molecule has 0 aromatic heterocycles. The van der Waals surface area contributed by atoms with E-state index in [-0.39, 0.29) is 11.1 Å². The summed E-state index contributed by atoms with van der Waals surface area (Å²) in [4.78, 5) is 22.2. The maximum Gasteiger partial charge on any atom is 0.384 e. The maximum atomic E-state index is 13.2. The fourth-order valence-corrected chi connectivity index (χ4v) is 1.71. The molecule has 0 fully saturated rings. The Kier molecular flexibility index (Phi) is 6.19. The smallest absolute Gasteiger partial charge is 0.384 e. The average molecular weight is 343 g/mol. The molecular formula is C14H12BrFO4. The molecule has 0 saturated heterocycles. The van der Waals surface area contributed by atoms with Gasteiger partial charge in [0, 0.05) is 18.4 Å². The van der Waals surface area contributed by atoms with Gasteiger partial charge < -0.3 is 9.47 Å². The van der Waals surface area contributed by atoms with Crippen molar-refractivity contribution < 1.29 is 23.5 Å². The molecule has 1 aromatic rings. The van der Waals surface area contributed by atoms with Crippen LogP contribution >= 0.6 is 15.9 Å². The van der Waals surface area contributed by atoms with Gasteiger partial charge in [-0.1, -0.05) is 6.07 Å². The van der Waals surface area contributed by atoms with Crippen LogP contribution in [0.4, 0.5) is 4.39 Å². The van der Waals surface area contributed by atoms with E-state index < -0.39 is 23.9 Å². The van der Waals surface area contributed by atoms with Crippen molar-refractivity contribution in [1.29, 1.82) is 0 Å². The van der Waals surface area contributed by atoms with Crippen LogP contribution in [0, 0.1) is 17.7 Å². The molecule has 0 amide bonds. The fourth-order valence-electron chi connectivity index (χ4n) is 1.31. The van der Waals surface area contributed by atoms with Gasteiger partial charge in [-0.3, -0.25) is 4.79 Å². The molecule has 0 heterocycles. The molecule has 6 heteroatoms. The zero-order chi connectivity index (χ0) is 15.1. The van der Waals surface area contributed by atoms with Gasteiger partial charge in [0.25, 0.3) is 0 Å². The van der Waals surface area contributed by atoms with Crippen molar-refractivity contribution in [3.05, 3.63) is 34.1 Å². The Morgan fingerprint density at radius 2 is 2.15 bits per heavy atom. The summed E-state index contributed by atoms with van der Waals surface area (Å²) in [6, 6.07) is 4.07. The number of ether oxygens (including phenoxy) is 2. The number of benzene rings is 1. The summed E-state index contributed by atoms with van der Waals surface area (Å²) in [5, 5.41) is 0. The van der Waals surface area contributed by atoms with Gasteiger partial charge in [0.2, 0.25) is 0 Å². The molecule has 1 aromatic carbocycles. The Labute approximate surface area is 124 Å². The Hall–Kier alpha value is -1.87. The second-order valence-corrected chi connectivity index (χ2v) is 4.51. The number of halogens is 2. The second-order valence-electron chi connectivity index (χ2n) is 3.65. The Morgan fingerprint density at radius 1 is 1.45 bits per heavy atom. The van der Waals surface area contributed by atoms with Crippen LogP contribution in [0.1, 0.15) is 25.5 Å². The second kappa shape index (κ2) is 7.65. The molecular weight excluding hydrogens is 331 g/mol. The van der Waals surface area contributed by atoms with E-state index in [0.717, 1.165) is 0 Å². The van der Waals surface area contributed by atoms with E-state index in [1.807, 2.05) is 0 Å². The van der Waals surface area contributed by atoms with Crippen LogP contribution < -0.4 is 0 Å². The third-order valence-electron chi connectivity index (χ3n) is 2.11. The van der Waals surface area contributed by atoms with Gasteiger partial charge in [-0.15, -0.1) is 0 Å². The number of rotatable bonds is 3. The number of carbonyl (C=O) groups excluding carboxylic acids is 2. The largest absolute Gasteiger partial charge is 0.456 e. The zero-order valence-corrected chi connectivity index (χ0v) is 12.5. The van der Waals surface area contributed by atoms with Crippen molar-refractivity contribution in [2.75, 3.05) is 6.61 Å².